The number of nitrogens with one attached hydrogen (secondary N) is 1. The molecule has 30 heavy (non-hydrogen) atoms. The number of amides is 3. The van der Waals surface area contributed by atoms with Crippen molar-refractivity contribution in [3.8, 4) is 11.8 Å². The second-order valence-corrected chi connectivity index (χ2v) is 8.76. The van der Waals surface area contributed by atoms with Crippen molar-refractivity contribution in [1.29, 1.82) is 0 Å². The van der Waals surface area contributed by atoms with Crippen LogP contribution in [0.25, 0.3) is 0 Å². The van der Waals surface area contributed by atoms with Gasteiger partial charge in [0.05, 0.1) is 33.0 Å². The van der Waals surface area contributed by atoms with Crippen LogP contribution in [0, 0.1) is 23.7 Å². The molecule has 3 aliphatic rings. The van der Waals surface area contributed by atoms with E-state index < -0.39 is 6.09 Å². The van der Waals surface area contributed by atoms with Crippen molar-refractivity contribution >= 4 is 49.8 Å². The number of hydrogen-bond acceptors (Lipinski definition) is 6. The molecule has 0 radical (unpaired) electrons. The summed E-state index contributed by atoms with van der Waals surface area (Å²) in [7, 11) is 0. The Morgan fingerprint density at radius 3 is 2.13 bits per heavy atom. The first-order chi connectivity index (χ1) is 14.5. The number of halogens is 2. The van der Waals surface area contributed by atoms with E-state index in [9.17, 15) is 14.4 Å². The van der Waals surface area contributed by atoms with Gasteiger partial charge in [-0.1, -0.05) is 0 Å². The first kappa shape index (κ1) is 23.3. The third kappa shape index (κ3) is 6.06. The number of fused-ring (bicyclic) bond motifs is 1. The van der Waals surface area contributed by atoms with E-state index in [0.29, 0.717) is 38.2 Å². The Morgan fingerprint density at radius 2 is 1.53 bits per heavy atom. The summed E-state index contributed by atoms with van der Waals surface area (Å²) in [6.45, 7) is 1.76. The van der Waals surface area contributed by atoms with E-state index in [1.165, 1.54) is 0 Å². The minimum absolute atomic E-state index is 0.0202. The fourth-order valence-corrected chi connectivity index (χ4v) is 4.35. The molecule has 164 valence electrons. The number of carbonyl (C=O) groups is 3. The highest BCUT2D eigenvalue weighted by Gasteiger charge is 2.52. The number of hydrogen-bond donors (Lipinski definition) is 1. The minimum Gasteiger partial charge on any atom is -0.446 e. The fourth-order valence-electron chi connectivity index (χ4n) is 3.58. The molecule has 0 saturated heterocycles. The molecule has 0 spiro atoms. The molecule has 0 bridgehead atoms. The molecule has 3 rings (SSSR count). The van der Waals surface area contributed by atoms with Gasteiger partial charge in [0.2, 0.25) is 0 Å². The molecule has 2 unspecified atom stereocenters. The summed E-state index contributed by atoms with van der Waals surface area (Å²) in [5, 5.41) is 2.70. The summed E-state index contributed by atoms with van der Waals surface area (Å²) in [5.41, 5.74) is 0. The fraction of sp³-hybridized carbons (Fsp3) is 0.650. The monoisotopic (exact) mass is 546 g/mol. The van der Waals surface area contributed by atoms with Crippen molar-refractivity contribution in [3.05, 3.63) is 8.96 Å². The van der Waals surface area contributed by atoms with Crippen LogP contribution in [-0.4, -0.2) is 68.4 Å². The normalized spacial score (nSPS) is 25.3. The van der Waals surface area contributed by atoms with E-state index in [1.807, 2.05) is 0 Å². The minimum atomic E-state index is -0.404. The summed E-state index contributed by atoms with van der Waals surface area (Å²) in [4.78, 5) is 36.7. The van der Waals surface area contributed by atoms with Gasteiger partial charge in [0, 0.05) is 31.2 Å². The topological polar surface area (TPSA) is 94.2 Å². The SMILES string of the molecule is O=C(NCCOCCOCCN1C(=O)C(Br)=C(Br)C1=O)OC1C2CCC#CCCC21. The molecule has 0 aromatic heterocycles. The van der Waals surface area contributed by atoms with Gasteiger partial charge in [-0.3, -0.25) is 14.5 Å². The lowest BCUT2D eigenvalue weighted by molar-refractivity contribution is -0.137. The molecule has 0 aromatic rings. The number of ether oxygens (including phenoxy) is 3. The van der Waals surface area contributed by atoms with Crippen LogP contribution in [0.15, 0.2) is 8.96 Å². The standard InChI is InChI=1S/C20H24Br2N2O6/c21-15-16(22)19(26)24(18(15)25)8-10-29-12-11-28-9-7-23-20(27)30-17-13-5-3-1-2-4-6-14(13)17/h13-14,17H,3-12H2,(H,23,27). The van der Waals surface area contributed by atoms with Gasteiger partial charge in [0.25, 0.3) is 11.8 Å². The van der Waals surface area contributed by atoms with E-state index in [0.717, 1.165) is 30.6 Å². The van der Waals surface area contributed by atoms with Crippen LogP contribution in [0.1, 0.15) is 25.7 Å². The van der Waals surface area contributed by atoms with Crippen molar-refractivity contribution < 1.29 is 28.6 Å². The highest BCUT2D eigenvalue weighted by molar-refractivity contribution is 9.14. The second-order valence-electron chi connectivity index (χ2n) is 7.17. The molecule has 1 fully saturated rings. The van der Waals surface area contributed by atoms with Gasteiger partial charge in [-0.2, -0.15) is 0 Å². The van der Waals surface area contributed by atoms with E-state index in [1.54, 1.807) is 0 Å². The highest BCUT2D eigenvalue weighted by Crippen LogP contribution is 2.48. The zero-order valence-electron chi connectivity index (χ0n) is 16.5. The van der Waals surface area contributed by atoms with Gasteiger partial charge in [-0.15, -0.1) is 11.8 Å². The number of nitrogens with zero attached hydrogens (tertiary/aromatic N) is 1. The third-order valence-corrected chi connectivity index (χ3v) is 7.24. The molecule has 1 N–H and O–H groups in total. The van der Waals surface area contributed by atoms with Gasteiger partial charge in [-0.25, -0.2) is 4.79 Å². The smallest absolute Gasteiger partial charge is 0.407 e. The van der Waals surface area contributed by atoms with Crippen LogP contribution < -0.4 is 5.32 Å². The Morgan fingerprint density at radius 1 is 0.967 bits per heavy atom. The van der Waals surface area contributed by atoms with Crippen LogP contribution in [0.2, 0.25) is 0 Å². The number of imide groups is 1. The van der Waals surface area contributed by atoms with Gasteiger partial charge >= 0.3 is 6.09 Å². The maximum atomic E-state index is 11.9. The molecule has 2 aliphatic carbocycles. The summed E-state index contributed by atoms with van der Waals surface area (Å²) >= 11 is 6.14. The van der Waals surface area contributed by atoms with Crippen molar-refractivity contribution in [1.82, 2.24) is 10.2 Å². The lowest BCUT2D eigenvalue weighted by Crippen LogP contribution is -2.34. The maximum Gasteiger partial charge on any atom is 0.407 e. The highest BCUT2D eigenvalue weighted by atomic mass is 79.9. The molecule has 0 aromatic carbocycles. The first-order valence-electron chi connectivity index (χ1n) is 9.98. The Labute approximate surface area is 192 Å². The van der Waals surface area contributed by atoms with Crippen LogP contribution in [0.4, 0.5) is 4.79 Å². The molecule has 10 heteroatoms. The van der Waals surface area contributed by atoms with Crippen LogP contribution in [-0.2, 0) is 23.8 Å². The number of carbonyl (C=O) groups excluding carboxylic acids is 3. The summed E-state index contributed by atoms with van der Waals surface area (Å²) in [6.07, 6.45) is 3.39. The van der Waals surface area contributed by atoms with Gasteiger partial charge in [-0.05, 0) is 44.7 Å². The van der Waals surface area contributed by atoms with Gasteiger partial charge < -0.3 is 19.5 Å². The van der Waals surface area contributed by atoms with Crippen LogP contribution >= 0.6 is 31.9 Å². The quantitative estimate of drug-likeness (QED) is 0.256. The van der Waals surface area contributed by atoms with E-state index >= 15 is 0 Å². The zero-order chi connectivity index (χ0) is 21.5. The number of rotatable bonds is 10. The Hall–Kier alpha value is -1.41. The summed E-state index contributed by atoms with van der Waals surface area (Å²) in [5.74, 6) is 6.43. The van der Waals surface area contributed by atoms with Crippen LogP contribution in [0.5, 0.6) is 0 Å². The molecule has 8 nitrogen and oxygen atoms in total. The van der Waals surface area contributed by atoms with Crippen molar-refractivity contribution in [2.45, 2.75) is 31.8 Å². The van der Waals surface area contributed by atoms with Gasteiger partial charge in [0.15, 0.2) is 0 Å². The van der Waals surface area contributed by atoms with Crippen LogP contribution in [0.3, 0.4) is 0 Å². The largest absolute Gasteiger partial charge is 0.446 e. The molecule has 2 atom stereocenters. The zero-order valence-corrected chi connectivity index (χ0v) is 19.6. The summed E-state index contributed by atoms with van der Waals surface area (Å²) in [6, 6.07) is 0. The predicted octanol–water partition coefficient (Wildman–Crippen LogP) is 2.31. The Bertz CT molecular complexity index is 733. The second kappa shape index (κ2) is 11.3. The van der Waals surface area contributed by atoms with Crippen molar-refractivity contribution in [2.75, 3.05) is 39.5 Å². The van der Waals surface area contributed by atoms with E-state index in [4.69, 9.17) is 14.2 Å². The number of alkyl carbamates (subject to hydrolysis) is 1. The maximum absolute atomic E-state index is 11.9. The lowest BCUT2D eigenvalue weighted by atomic mass is 10.1. The molecular formula is C20H24Br2N2O6. The predicted molar refractivity (Wildman–Crippen MR) is 115 cm³/mol. The van der Waals surface area contributed by atoms with Crippen molar-refractivity contribution in [3.63, 3.8) is 0 Å². The molecule has 1 aliphatic heterocycles. The Kier molecular flexibility index (Phi) is 8.74. The van der Waals surface area contributed by atoms with E-state index in [2.05, 4.69) is 49.0 Å². The molecule has 1 saturated carbocycles. The third-order valence-electron chi connectivity index (χ3n) is 5.23. The molecule has 1 heterocycles. The summed E-state index contributed by atoms with van der Waals surface area (Å²) < 4.78 is 16.7. The van der Waals surface area contributed by atoms with Gasteiger partial charge in [0.1, 0.15) is 15.1 Å². The van der Waals surface area contributed by atoms with Crippen molar-refractivity contribution in [2.24, 2.45) is 11.8 Å². The average Bonchev–Trinajstić information content (AvgIpc) is 3.30. The first-order valence-corrected chi connectivity index (χ1v) is 11.6. The molecule has 3 amide bonds. The molecular weight excluding hydrogens is 524 g/mol. The average molecular weight is 548 g/mol. The Balaban J connectivity index is 1.16. The van der Waals surface area contributed by atoms with E-state index in [-0.39, 0.29) is 40.0 Å². The lowest BCUT2D eigenvalue weighted by Gasteiger charge is -2.14.